The molecule has 3 nitrogen and oxygen atoms in total. The van der Waals surface area contributed by atoms with Gasteiger partial charge < -0.3 is 0 Å². The quantitative estimate of drug-likeness (QED) is 0.722. The van der Waals surface area contributed by atoms with Crippen molar-refractivity contribution < 1.29 is 8.42 Å². The second-order valence-electron chi connectivity index (χ2n) is 4.91. The SMILES string of the molecule is CCN(CC1CCC1)S(=O)(=O)c1ccc(CCCl)s1. The van der Waals surface area contributed by atoms with E-state index in [1.165, 1.54) is 17.8 Å². The van der Waals surface area contributed by atoms with Gasteiger partial charge >= 0.3 is 0 Å². The molecule has 0 saturated heterocycles. The smallest absolute Gasteiger partial charge is 0.206 e. The molecule has 0 aromatic carbocycles. The summed E-state index contributed by atoms with van der Waals surface area (Å²) in [7, 11) is -3.31. The average molecular weight is 322 g/mol. The molecule has 6 heteroatoms. The van der Waals surface area contributed by atoms with Crippen LogP contribution in [-0.4, -0.2) is 31.7 Å². The van der Waals surface area contributed by atoms with Gasteiger partial charge in [0.2, 0.25) is 0 Å². The zero-order valence-electron chi connectivity index (χ0n) is 11.1. The van der Waals surface area contributed by atoms with E-state index >= 15 is 0 Å². The Kier molecular flexibility index (Phi) is 5.29. The van der Waals surface area contributed by atoms with Crippen molar-refractivity contribution in [1.29, 1.82) is 0 Å². The van der Waals surface area contributed by atoms with Gasteiger partial charge in [0, 0.05) is 23.8 Å². The summed E-state index contributed by atoms with van der Waals surface area (Å²) in [5.41, 5.74) is 0. The maximum Gasteiger partial charge on any atom is 0.252 e. The third kappa shape index (κ3) is 3.51. The fourth-order valence-corrected chi connectivity index (χ4v) is 5.56. The van der Waals surface area contributed by atoms with Gasteiger partial charge in [0.25, 0.3) is 10.0 Å². The highest BCUT2D eigenvalue weighted by molar-refractivity contribution is 7.91. The summed E-state index contributed by atoms with van der Waals surface area (Å²) in [5, 5.41) is 0. The summed E-state index contributed by atoms with van der Waals surface area (Å²) < 4.78 is 27.2. The predicted octanol–water partition coefficient (Wildman–Crippen LogP) is 3.34. The lowest BCUT2D eigenvalue weighted by Crippen LogP contribution is -2.36. The first-order chi connectivity index (χ1) is 9.07. The fraction of sp³-hybridized carbons (Fsp3) is 0.692. The molecular formula is C13H20ClNO2S2. The minimum absolute atomic E-state index is 0.453. The Balaban J connectivity index is 2.13. The van der Waals surface area contributed by atoms with E-state index in [0.717, 1.165) is 24.1 Å². The zero-order valence-corrected chi connectivity index (χ0v) is 13.5. The first kappa shape index (κ1) is 15.3. The van der Waals surface area contributed by atoms with Crippen molar-refractivity contribution in [3.05, 3.63) is 17.0 Å². The number of alkyl halides is 1. The highest BCUT2D eigenvalue weighted by Crippen LogP contribution is 2.31. The van der Waals surface area contributed by atoms with Gasteiger partial charge in [-0.25, -0.2) is 8.42 Å². The van der Waals surface area contributed by atoms with E-state index in [0.29, 0.717) is 29.1 Å². The number of sulfonamides is 1. The molecule has 1 aliphatic rings. The number of halogens is 1. The summed E-state index contributed by atoms with van der Waals surface area (Å²) >= 11 is 7.04. The van der Waals surface area contributed by atoms with Crippen molar-refractivity contribution in [2.45, 2.75) is 36.8 Å². The van der Waals surface area contributed by atoms with E-state index in [1.807, 2.05) is 13.0 Å². The van der Waals surface area contributed by atoms with Crippen LogP contribution in [0.2, 0.25) is 0 Å². The predicted molar refractivity (Wildman–Crippen MR) is 80.5 cm³/mol. The molecule has 1 saturated carbocycles. The molecule has 0 aliphatic heterocycles. The van der Waals surface area contributed by atoms with Crippen LogP contribution < -0.4 is 0 Å². The molecular weight excluding hydrogens is 302 g/mol. The third-order valence-corrected chi connectivity index (χ3v) is 7.35. The Labute approximate surface area is 124 Å². The minimum atomic E-state index is -3.31. The van der Waals surface area contributed by atoms with Gasteiger partial charge in [-0.15, -0.1) is 22.9 Å². The van der Waals surface area contributed by atoms with Gasteiger partial charge in [0.15, 0.2) is 0 Å². The Morgan fingerprint density at radius 2 is 2.16 bits per heavy atom. The van der Waals surface area contributed by atoms with Gasteiger partial charge in [-0.2, -0.15) is 4.31 Å². The Hall–Kier alpha value is -0.100. The monoisotopic (exact) mass is 321 g/mol. The van der Waals surface area contributed by atoms with Crippen LogP contribution in [0, 0.1) is 5.92 Å². The van der Waals surface area contributed by atoms with Crippen LogP contribution in [0.1, 0.15) is 31.1 Å². The van der Waals surface area contributed by atoms with Crippen LogP contribution >= 0.6 is 22.9 Å². The molecule has 19 heavy (non-hydrogen) atoms. The Bertz CT molecular complexity index is 508. The summed E-state index contributed by atoms with van der Waals surface area (Å²) in [6.45, 7) is 3.12. The highest BCUT2D eigenvalue weighted by Gasteiger charge is 2.29. The number of thiophene rings is 1. The number of rotatable bonds is 7. The number of hydrogen-bond acceptors (Lipinski definition) is 3. The largest absolute Gasteiger partial charge is 0.252 e. The molecule has 0 N–H and O–H groups in total. The van der Waals surface area contributed by atoms with Crippen molar-refractivity contribution in [3.8, 4) is 0 Å². The maximum absolute atomic E-state index is 12.6. The van der Waals surface area contributed by atoms with E-state index in [9.17, 15) is 8.42 Å². The fourth-order valence-electron chi connectivity index (χ4n) is 2.21. The first-order valence-corrected chi connectivity index (χ1v) is 9.52. The second kappa shape index (κ2) is 6.57. The van der Waals surface area contributed by atoms with Gasteiger partial charge in [-0.05, 0) is 37.3 Å². The standard InChI is InChI=1S/C13H20ClNO2S2/c1-2-15(10-11-4-3-5-11)19(16,17)13-7-6-12(18-13)8-9-14/h6-7,11H,2-5,8-10H2,1H3. The van der Waals surface area contributed by atoms with Crippen LogP contribution in [0.15, 0.2) is 16.3 Å². The number of aryl methyl sites for hydroxylation is 1. The average Bonchev–Trinajstić information content (AvgIpc) is 2.77. The molecule has 1 aromatic heterocycles. The molecule has 0 bridgehead atoms. The molecule has 108 valence electrons. The van der Waals surface area contributed by atoms with Crippen molar-refractivity contribution in [2.24, 2.45) is 5.92 Å². The summed E-state index contributed by atoms with van der Waals surface area (Å²) in [6.07, 6.45) is 4.29. The van der Waals surface area contributed by atoms with Crippen molar-refractivity contribution >= 4 is 33.0 Å². The summed E-state index contributed by atoms with van der Waals surface area (Å²) in [5.74, 6) is 1.08. The van der Waals surface area contributed by atoms with Crippen molar-refractivity contribution in [3.63, 3.8) is 0 Å². The molecule has 0 spiro atoms. The molecule has 0 atom stereocenters. The molecule has 1 fully saturated rings. The lowest BCUT2D eigenvalue weighted by atomic mass is 9.85. The summed E-state index contributed by atoms with van der Waals surface area (Å²) in [6, 6.07) is 3.59. The first-order valence-electron chi connectivity index (χ1n) is 6.72. The number of hydrogen-bond donors (Lipinski definition) is 0. The van der Waals surface area contributed by atoms with E-state index in [4.69, 9.17) is 11.6 Å². The van der Waals surface area contributed by atoms with Crippen LogP contribution in [-0.2, 0) is 16.4 Å². The molecule has 1 heterocycles. The third-order valence-electron chi connectivity index (χ3n) is 3.61. The van der Waals surface area contributed by atoms with Crippen LogP contribution in [0.4, 0.5) is 0 Å². The van der Waals surface area contributed by atoms with E-state index < -0.39 is 10.0 Å². The van der Waals surface area contributed by atoms with E-state index in [1.54, 1.807) is 10.4 Å². The Morgan fingerprint density at radius 1 is 1.42 bits per heavy atom. The summed E-state index contributed by atoms with van der Waals surface area (Å²) in [4.78, 5) is 1.04. The lowest BCUT2D eigenvalue weighted by molar-refractivity contribution is 0.250. The second-order valence-corrected chi connectivity index (χ2v) is 8.62. The molecule has 1 aromatic rings. The van der Waals surface area contributed by atoms with Gasteiger partial charge in [0.1, 0.15) is 4.21 Å². The number of nitrogens with zero attached hydrogens (tertiary/aromatic N) is 1. The van der Waals surface area contributed by atoms with E-state index in [-0.39, 0.29) is 0 Å². The van der Waals surface area contributed by atoms with Crippen molar-refractivity contribution in [1.82, 2.24) is 4.31 Å². The molecule has 0 amide bonds. The zero-order chi connectivity index (χ0) is 13.9. The topological polar surface area (TPSA) is 37.4 Å². The normalized spacial score (nSPS) is 16.8. The van der Waals surface area contributed by atoms with Crippen LogP contribution in [0.5, 0.6) is 0 Å². The van der Waals surface area contributed by atoms with Crippen LogP contribution in [0.3, 0.4) is 0 Å². The molecule has 2 rings (SSSR count). The lowest BCUT2D eigenvalue weighted by Gasteiger charge is -2.30. The minimum Gasteiger partial charge on any atom is -0.206 e. The van der Waals surface area contributed by atoms with E-state index in [2.05, 4.69) is 0 Å². The molecule has 0 unspecified atom stereocenters. The van der Waals surface area contributed by atoms with Crippen LogP contribution in [0.25, 0.3) is 0 Å². The van der Waals surface area contributed by atoms with Gasteiger partial charge in [-0.3, -0.25) is 0 Å². The molecule has 0 radical (unpaired) electrons. The maximum atomic E-state index is 12.6. The molecule has 1 aliphatic carbocycles. The van der Waals surface area contributed by atoms with Gasteiger partial charge in [0.05, 0.1) is 0 Å². The van der Waals surface area contributed by atoms with Crippen molar-refractivity contribution in [2.75, 3.05) is 19.0 Å². The highest BCUT2D eigenvalue weighted by atomic mass is 35.5. The van der Waals surface area contributed by atoms with Gasteiger partial charge in [-0.1, -0.05) is 13.3 Å². The Morgan fingerprint density at radius 3 is 2.68 bits per heavy atom.